The number of rotatable bonds is 5. The Morgan fingerprint density at radius 1 is 1.36 bits per heavy atom. The largest absolute Gasteiger partial charge is 0.497 e. The van der Waals surface area contributed by atoms with E-state index in [0.717, 1.165) is 30.6 Å². The van der Waals surface area contributed by atoms with E-state index < -0.39 is 5.60 Å². The van der Waals surface area contributed by atoms with Crippen molar-refractivity contribution >= 4 is 11.3 Å². The van der Waals surface area contributed by atoms with Crippen molar-refractivity contribution in [2.24, 2.45) is 0 Å². The molecule has 1 heterocycles. The number of aryl methyl sites for hydroxylation is 1. The molecule has 0 amide bonds. The van der Waals surface area contributed by atoms with Crippen LogP contribution in [0.1, 0.15) is 30.0 Å². The Kier molecular flexibility index (Phi) is 4.52. The van der Waals surface area contributed by atoms with Gasteiger partial charge in [-0.25, -0.2) is 0 Å². The maximum atomic E-state index is 10.6. The third-order valence-corrected chi connectivity index (χ3v) is 5.20. The van der Waals surface area contributed by atoms with E-state index in [0.29, 0.717) is 12.6 Å². The highest BCUT2D eigenvalue weighted by Gasteiger charge is 2.26. The van der Waals surface area contributed by atoms with Gasteiger partial charge in [0.15, 0.2) is 0 Å². The smallest absolute Gasteiger partial charge is 0.119 e. The second-order valence-corrected chi connectivity index (χ2v) is 7.02. The third-order valence-electron chi connectivity index (χ3n) is 4.52. The van der Waals surface area contributed by atoms with Crippen LogP contribution in [0.15, 0.2) is 35.0 Å². The zero-order chi connectivity index (χ0) is 15.6. The minimum Gasteiger partial charge on any atom is -0.497 e. The lowest BCUT2D eigenvalue weighted by atomic mass is 9.87. The Morgan fingerprint density at radius 3 is 2.95 bits per heavy atom. The van der Waals surface area contributed by atoms with E-state index >= 15 is 0 Å². The summed E-state index contributed by atoms with van der Waals surface area (Å²) in [5.74, 6) is 0.921. The van der Waals surface area contributed by atoms with Crippen molar-refractivity contribution in [1.82, 2.24) is 5.32 Å². The van der Waals surface area contributed by atoms with Crippen LogP contribution in [0.25, 0.3) is 0 Å². The first kappa shape index (κ1) is 15.5. The molecular weight excluding hydrogens is 294 g/mol. The van der Waals surface area contributed by atoms with Gasteiger partial charge in [0.1, 0.15) is 5.75 Å². The van der Waals surface area contributed by atoms with Gasteiger partial charge in [-0.05, 0) is 71.8 Å². The van der Waals surface area contributed by atoms with E-state index in [-0.39, 0.29) is 0 Å². The van der Waals surface area contributed by atoms with Gasteiger partial charge in [-0.1, -0.05) is 6.07 Å². The summed E-state index contributed by atoms with van der Waals surface area (Å²) < 4.78 is 5.32. The summed E-state index contributed by atoms with van der Waals surface area (Å²) in [5, 5.41) is 18.2. The van der Waals surface area contributed by atoms with Crippen LogP contribution >= 0.6 is 11.3 Å². The molecule has 3 nitrogen and oxygen atoms in total. The normalized spacial score (nSPS) is 20.2. The molecule has 0 radical (unpaired) electrons. The predicted molar refractivity (Wildman–Crippen MR) is 90.7 cm³/mol. The van der Waals surface area contributed by atoms with Crippen LogP contribution in [0.3, 0.4) is 0 Å². The molecule has 118 valence electrons. The number of benzene rings is 1. The van der Waals surface area contributed by atoms with Gasteiger partial charge in [0.25, 0.3) is 0 Å². The van der Waals surface area contributed by atoms with Crippen LogP contribution in [0.5, 0.6) is 5.75 Å². The number of hydrogen-bond donors (Lipinski definition) is 2. The van der Waals surface area contributed by atoms with Crippen LogP contribution in [0.4, 0.5) is 0 Å². The molecule has 1 aliphatic rings. The van der Waals surface area contributed by atoms with Crippen LogP contribution in [0, 0.1) is 0 Å². The lowest BCUT2D eigenvalue weighted by molar-refractivity contribution is 0.0537. The van der Waals surface area contributed by atoms with Gasteiger partial charge in [0.2, 0.25) is 0 Å². The van der Waals surface area contributed by atoms with Gasteiger partial charge in [-0.3, -0.25) is 0 Å². The zero-order valence-electron chi connectivity index (χ0n) is 13.1. The molecule has 4 heteroatoms. The van der Waals surface area contributed by atoms with Crippen molar-refractivity contribution in [3.63, 3.8) is 0 Å². The summed E-state index contributed by atoms with van der Waals surface area (Å²) in [6, 6.07) is 8.75. The van der Waals surface area contributed by atoms with E-state index in [1.165, 1.54) is 11.1 Å². The van der Waals surface area contributed by atoms with Crippen molar-refractivity contribution < 1.29 is 9.84 Å². The second-order valence-electron chi connectivity index (χ2n) is 6.24. The fourth-order valence-electron chi connectivity index (χ4n) is 3.05. The van der Waals surface area contributed by atoms with E-state index in [4.69, 9.17) is 4.74 Å². The van der Waals surface area contributed by atoms with E-state index in [9.17, 15) is 5.11 Å². The SMILES string of the molecule is COc1ccc2c(c1)CC(NCC(C)(O)c1ccsc1)CC2. The molecule has 0 saturated heterocycles. The summed E-state index contributed by atoms with van der Waals surface area (Å²) in [6.45, 7) is 2.45. The van der Waals surface area contributed by atoms with Crippen molar-refractivity contribution in [1.29, 1.82) is 0 Å². The average molecular weight is 317 g/mol. The van der Waals surface area contributed by atoms with Gasteiger partial charge < -0.3 is 15.2 Å². The van der Waals surface area contributed by atoms with Crippen molar-refractivity contribution in [3.8, 4) is 5.75 Å². The second kappa shape index (κ2) is 6.41. The standard InChI is InChI=1S/C18H23NO2S/c1-18(20,15-7-8-22-11-15)12-19-16-5-3-13-4-6-17(21-2)10-14(13)9-16/h4,6-8,10-11,16,19-20H,3,5,9,12H2,1-2H3. The molecule has 22 heavy (non-hydrogen) atoms. The van der Waals surface area contributed by atoms with E-state index in [2.05, 4.69) is 17.4 Å². The Bertz CT molecular complexity index is 622. The van der Waals surface area contributed by atoms with Crippen molar-refractivity contribution in [2.45, 2.75) is 37.8 Å². The number of ether oxygens (including phenoxy) is 1. The Hall–Kier alpha value is -1.36. The number of aliphatic hydroxyl groups is 1. The molecular formula is C18H23NO2S. The Labute approximate surface area is 136 Å². The third kappa shape index (κ3) is 3.35. The van der Waals surface area contributed by atoms with E-state index in [1.807, 2.05) is 29.8 Å². The highest BCUT2D eigenvalue weighted by molar-refractivity contribution is 7.08. The maximum Gasteiger partial charge on any atom is 0.119 e. The molecule has 1 aromatic carbocycles. The quantitative estimate of drug-likeness (QED) is 0.890. The Balaban J connectivity index is 1.63. The van der Waals surface area contributed by atoms with Crippen molar-refractivity contribution in [3.05, 3.63) is 51.7 Å². The summed E-state index contributed by atoms with van der Waals surface area (Å²) in [4.78, 5) is 0. The monoisotopic (exact) mass is 317 g/mol. The molecule has 3 rings (SSSR count). The topological polar surface area (TPSA) is 41.5 Å². The van der Waals surface area contributed by atoms with Crippen LogP contribution in [0.2, 0.25) is 0 Å². The minimum atomic E-state index is -0.811. The highest BCUT2D eigenvalue weighted by Crippen LogP contribution is 2.27. The first-order chi connectivity index (χ1) is 10.6. The molecule has 1 aromatic heterocycles. The summed E-state index contributed by atoms with van der Waals surface area (Å²) >= 11 is 1.62. The molecule has 0 saturated carbocycles. The molecule has 0 aliphatic heterocycles. The first-order valence-corrected chi connectivity index (χ1v) is 8.67. The molecule has 2 aromatic rings. The fraction of sp³-hybridized carbons (Fsp3) is 0.444. The predicted octanol–water partition coefficient (Wildman–Crippen LogP) is 3.11. The average Bonchev–Trinajstić information content (AvgIpc) is 3.07. The van der Waals surface area contributed by atoms with Crippen molar-refractivity contribution in [2.75, 3.05) is 13.7 Å². The molecule has 2 N–H and O–H groups in total. The number of hydrogen-bond acceptors (Lipinski definition) is 4. The number of nitrogens with one attached hydrogen (secondary N) is 1. The summed E-state index contributed by atoms with van der Waals surface area (Å²) in [6.07, 6.45) is 3.18. The number of thiophene rings is 1. The molecule has 0 fully saturated rings. The molecule has 1 aliphatic carbocycles. The maximum absolute atomic E-state index is 10.6. The summed E-state index contributed by atoms with van der Waals surface area (Å²) in [5.41, 5.74) is 2.96. The lowest BCUT2D eigenvalue weighted by Gasteiger charge is -2.30. The molecule has 0 bridgehead atoms. The van der Waals surface area contributed by atoms with Gasteiger partial charge in [-0.2, -0.15) is 11.3 Å². The van der Waals surface area contributed by atoms with Crippen LogP contribution in [-0.4, -0.2) is 24.8 Å². The molecule has 2 unspecified atom stereocenters. The minimum absolute atomic E-state index is 0.407. The van der Waals surface area contributed by atoms with Crippen LogP contribution in [-0.2, 0) is 18.4 Å². The van der Waals surface area contributed by atoms with Crippen LogP contribution < -0.4 is 10.1 Å². The molecule has 2 atom stereocenters. The van der Waals surface area contributed by atoms with Gasteiger partial charge >= 0.3 is 0 Å². The first-order valence-electron chi connectivity index (χ1n) is 7.73. The zero-order valence-corrected chi connectivity index (χ0v) is 14.0. The molecule has 0 spiro atoms. The van der Waals surface area contributed by atoms with Gasteiger partial charge in [0, 0.05) is 12.6 Å². The fourth-order valence-corrected chi connectivity index (χ4v) is 3.83. The van der Waals surface area contributed by atoms with Gasteiger partial charge in [-0.15, -0.1) is 0 Å². The van der Waals surface area contributed by atoms with Gasteiger partial charge in [0.05, 0.1) is 12.7 Å². The van der Waals surface area contributed by atoms with E-state index in [1.54, 1.807) is 18.4 Å². The number of fused-ring (bicyclic) bond motifs is 1. The summed E-state index contributed by atoms with van der Waals surface area (Å²) in [7, 11) is 1.71. The highest BCUT2D eigenvalue weighted by atomic mass is 32.1. The Morgan fingerprint density at radius 2 is 2.23 bits per heavy atom. The lowest BCUT2D eigenvalue weighted by Crippen LogP contribution is -2.43. The number of methoxy groups -OCH3 is 1.